The van der Waals surface area contributed by atoms with Crippen molar-refractivity contribution in [2.24, 2.45) is 0 Å². The highest BCUT2D eigenvalue weighted by Crippen LogP contribution is 2.39. The Bertz CT molecular complexity index is 866. The summed E-state index contributed by atoms with van der Waals surface area (Å²) in [4.78, 5) is 12.9. The highest BCUT2D eigenvalue weighted by atomic mass is 79.9. The smallest absolute Gasteiger partial charge is 0.171 e. The van der Waals surface area contributed by atoms with Crippen LogP contribution < -0.4 is 0 Å². The molecule has 0 heterocycles. The fourth-order valence-electron chi connectivity index (χ4n) is 3.16. The molecule has 0 aliphatic heterocycles. The van der Waals surface area contributed by atoms with Crippen LogP contribution in [0.25, 0.3) is 10.8 Å². The van der Waals surface area contributed by atoms with Crippen LogP contribution in [-0.2, 0) is 6.42 Å². The summed E-state index contributed by atoms with van der Waals surface area (Å²) in [6, 6.07) is 20.2. The molecule has 0 amide bonds. The predicted molar refractivity (Wildman–Crippen MR) is 88.9 cm³/mol. The van der Waals surface area contributed by atoms with E-state index in [4.69, 9.17) is 0 Å². The molecule has 0 radical (unpaired) electrons. The minimum atomic E-state index is 0.0192. The Hall–Kier alpha value is -1.93. The van der Waals surface area contributed by atoms with Gasteiger partial charge in [0.1, 0.15) is 0 Å². The molecule has 102 valence electrons. The molecule has 0 saturated carbocycles. The van der Waals surface area contributed by atoms with Crippen LogP contribution in [0, 0.1) is 0 Å². The molecule has 21 heavy (non-hydrogen) atoms. The highest BCUT2D eigenvalue weighted by molar-refractivity contribution is 9.10. The Labute approximate surface area is 131 Å². The number of carbonyl (C=O) groups is 1. The average Bonchev–Trinajstić information content (AvgIpc) is 2.49. The van der Waals surface area contributed by atoms with Crippen LogP contribution >= 0.6 is 15.9 Å². The van der Waals surface area contributed by atoms with Gasteiger partial charge in [-0.1, -0.05) is 64.5 Å². The van der Waals surface area contributed by atoms with Crippen LogP contribution in [0.2, 0.25) is 0 Å². The van der Waals surface area contributed by atoms with Gasteiger partial charge in [0, 0.05) is 10.0 Å². The summed E-state index contributed by atoms with van der Waals surface area (Å²) in [6.07, 6.45) is 0.861. The minimum Gasteiger partial charge on any atom is -0.293 e. The molecule has 0 aromatic heterocycles. The summed E-state index contributed by atoms with van der Waals surface area (Å²) in [7, 11) is 0. The number of rotatable bonds is 2. The predicted octanol–water partition coefficient (Wildman–Crippen LogP) is 5.12. The summed E-state index contributed by atoms with van der Waals surface area (Å²) in [5, 5.41) is 2.12. The first-order chi connectivity index (χ1) is 10.3. The van der Waals surface area contributed by atoms with Gasteiger partial charge in [-0.05, 0) is 40.5 Å². The highest BCUT2D eigenvalue weighted by Gasteiger charge is 2.32. The van der Waals surface area contributed by atoms with E-state index in [-0.39, 0.29) is 11.7 Å². The number of Topliss-reactive ketones (excluding diaryl/α,β-unsaturated/α-hetero) is 1. The summed E-state index contributed by atoms with van der Waals surface area (Å²) in [5.74, 6) is 0.253. The number of fused-ring (bicyclic) bond motifs is 2. The third-order valence-corrected chi connectivity index (χ3v) is 5.00. The van der Waals surface area contributed by atoms with Crippen molar-refractivity contribution < 1.29 is 4.79 Å². The Balaban J connectivity index is 1.82. The first kappa shape index (κ1) is 12.8. The fraction of sp³-hybridized carbons (Fsp3) is 0.105. The van der Waals surface area contributed by atoms with Gasteiger partial charge in [0.2, 0.25) is 0 Å². The molecular weight excluding hydrogens is 324 g/mol. The van der Waals surface area contributed by atoms with Crippen LogP contribution in [0.3, 0.4) is 0 Å². The van der Waals surface area contributed by atoms with E-state index in [0.29, 0.717) is 0 Å². The Morgan fingerprint density at radius 2 is 1.62 bits per heavy atom. The van der Waals surface area contributed by atoms with Crippen LogP contribution in [0.4, 0.5) is 0 Å². The van der Waals surface area contributed by atoms with Gasteiger partial charge in [0.15, 0.2) is 5.78 Å². The minimum absolute atomic E-state index is 0.0192. The van der Waals surface area contributed by atoms with E-state index in [0.717, 1.165) is 27.2 Å². The number of ketones is 1. The molecule has 3 aromatic rings. The third-order valence-electron chi connectivity index (χ3n) is 4.31. The first-order valence-corrected chi connectivity index (χ1v) is 7.84. The van der Waals surface area contributed by atoms with Crippen molar-refractivity contribution in [3.05, 3.63) is 81.8 Å². The van der Waals surface area contributed by atoms with Crippen molar-refractivity contribution in [1.29, 1.82) is 0 Å². The Morgan fingerprint density at radius 1 is 0.905 bits per heavy atom. The topological polar surface area (TPSA) is 17.1 Å². The third kappa shape index (κ3) is 1.94. The van der Waals surface area contributed by atoms with Gasteiger partial charge in [0.25, 0.3) is 0 Å². The number of hydrogen-bond acceptors (Lipinski definition) is 1. The van der Waals surface area contributed by atoms with Crippen molar-refractivity contribution in [2.75, 3.05) is 0 Å². The molecule has 3 aromatic carbocycles. The van der Waals surface area contributed by atoms with E-state index in [2.05, 4.69) is 28.1 Å². The molecule has 1 atom stereocenters. The summed E-state index contributed by atoms with van der Waals surface area (Å²) >= 11 is 3.56. The standard InChI is InChI=1S/C19H13BrO/c20-18-10-9-16(14-7-3-4-8-15(14)18)19(21)17-11-12-5-1-2-6-13(12)17/h1-10,17H,11H2. The number of carbonyl (C=O) groups excluding carboxylic acids is 1. The van der Waals surface area contributed by atoms with Crippen LogP contribution in [0.1, 0.15) is 27.4 Å². The molecule has 0 saturated heterocycles. The maximum absolute atomic E-state index is 12.9. The monoisotopic (exact) mass is 336 g/mol. The van der Waals surface area contributed by atoms with E-state index >= 15 is 0 Å². The fourth-order valence-corrected chi connectivity index (χ4v) is 3.64. The van der Waals surface area contributed by atoms with Gasteiger partial charge in [-0.15, -0.1) is 0 Å². The lowest BCUT2D eigenvalue weighted by Crippen LogP contribution is -2.25. The largest absolute Gasteiger partial charge is 0.293 e. The van der Waals surface area contributed by atoms with Gasteiger partial charge in [0.05, 0.1) is 5.92 Å². The van der Waals surface area contributed by atoms with Gasteiger partial charge in [-0.2, -0.15) is 0 Å². The van der Waals surface area contributed by atoms with Crippen LogP contribution in [0.5, 0.6) is 0 Å². The van der Waals surface area contributed by atoms with Crippen molar-refractivity contribution in [3.8, 4) is 0 Å². The molecule has 1 aliphatic rings. The molecule has 1 unspecified atom stereocenters. The van der Waals surface area contributed by atoms with Crippen LogP contribution in [-0.4, -0.2) is 5.78 Å². The maximum Gasteiger partial charge on any atom is 0.171 e. The first-order valence-electron chi connectivity index (χ1n) is 7.05. The average molecular weight is 337 g/mol. The van der Waals surface area contributed by atoms with E-state index in [1.54, 1.807) is 0 Å². The molecule has 0 N–H and O–H groups in total. The van der Waals surface area contributed by atoms with Gasteiger partial charge >= 0.3 is 0 Å². The quantitative estimate of drug-likeness (QED) is 0.593. The Kier molecular flexibility index (Phi) is 2.93. The lowest BCUT2D eigenvalue weighted by molar-refractivity contribution is 0.0950. The zero-order valence-corrected chi connectivity index (χ0v) is 12.9. The molecule has 0 fully saturated rings. The van der Waals surface area contributed by atoms with Gasteiger partial charge in [-0.25, -0.2) is 0 Å². The normalized spacial score (nSPS) is 16.3. The van der Waals surface area contributed by atoms with E-state index in [1.807, 2.05) is 48.5 Å². The molecule has 0 spiro atoms. The van der Waals surface area contributed by atoms with Crippen molar-refractivity contribution >= 4 is 32.5 Å². The summed E-state index contributed by atoms with van der Waals surface area (Å²) < 4.78 is 1.03. The van der Waals surface area contributed by atoms with Crippen molar-refractivity contribution in [3.63, 3.8) is 0 Å². The Morgan fingerprint density at radius 3 is 2.43 bits per heavy atom. The zero-order valence-electron chi connectivity index (χ0n) is 11.3. The summed E-state index contributed by atoms with van der Waals surface area (Å²) in [5.41, 5.74) is 3.32. The molecule has 1 nitrogen and oxygen atoms in total. The number of halogens is 1. The van der Waals surface area contributed by atoms with Gasteiger partial charge < -0.3 is 0 Å². The summed E-state index contributed by atoms with van der Waals surface area (Å²) in [6.45, 7) is 0. The SMILES string of the molecule is O=C(c1ccc(Br)c2ccccc12)C1Cc2ccccc21. The molecule has 0 bridgehead atoms. The van der Waals surface area contributed by atoms with Crippen LogP contribution in [0.15, 0.2) is 65.1 Å². The maximum atomic E-state index is 12.9. The lowest BCUT2D eigenvalue weighted by Gasteiger charge is -2.29. The lowest BCUT2D eigenvalue weighted by atomic mass is 9.73. The van der Waals surface area contributed by atoms with E-state index in [9.17, 15) is 4.79 Å². The zero-order chi connectivity index (χ0) is 14.4. The number of hydrogen-bond donors (Lipinski definition) is 0. The second-order valence-electron chi connectivity index (χ2n) is 5.46. The van der Waals surface area contributed by atoms with Gasteiger partial charge in [-0.3, -0.25) is 4.79 Å². The van der Waals surface area contributed by atoms with Crippen molar-refractivity contribution in [1.82, 2.24) is 0 Å². The second kappa shape index (κ2) is 4.81. The second-order valence-corrected chi connectivity index (χ2v) is 6.31. The molecule has 2 heteroatoms. The number of benzene rings is 3. The van der Waals surface area contributed by atoms with E-state index < -0.39 is 0 Å². The van der Waals surface area contributed by atoms with E-state index in [1.165, 1.54) is 11.1 Å². The molecule has 1 aliphatic carbocycles. The molecular formula is C19H13BrO. The van der Waals surface area contributed by atoms with Crippen molar-refractivity contribution in [2.45, 2.75) is 12.3 Å². The molecule has 4 rings (SSSR count).